The summed E-state index contributed by atoms with van der Waals surface area (Å²) in [5.74, 6) is 0.550. The predicted octanol–water partition coefficient (Wildman–Crippen LogP) is 2.62. The Kier molecular flexibility index (Phi) is 6.03. The molecule has 0 amide bonds. The van der Waals surface area contributed by atoms with Crippen LogP contribution in [0.4, 0.5) is 8.78 Å². The van der Waals surface area contributed by atoms with Crippen LogP contribution in [0.25, 0.3) is 11.4 Å². The van der Waals surface area contributed by atoms with E-state index in [9.17, 15) is 13.9 Å². The van der Waals surface area contributed by atoms with Crippen molar-refractivity contribution in [3.05, 3.63) is 78.1 Å². The monoisotopic (exact) mass is 481 g/mol. The molecule has 1 aliphatic rings. The molecule has 0 bridgehead atoms. The summed E-state index contributed by atoms with van der Waals surface area (Å²) in [6, 6.07) is 10.1. The molecule has 4 aromatic rings. The molecule has 0 saturated carbocycles. The van der Waals surface area contributed by atoms with Gasteiger partial charge in [-0.3, -0.25) is 4.90 Å². The van der Waals surface area contributed by atoms with Gasteiger partial charge < -0.3 is 9.84 Å². The van der Waals surface area contributed by atoms with Crippen molar-refractivity contribution in [3.63, 3.8) is 0 Å². The summed E-state index contributed by atoms with van der Waals surface area (Å²) in [4.78, 5) is 10.6. The summed E-state index contributed by atoms with van der Waals surface area (Å²) < 4.78 is 37.0. The van der Waals surface area contributed by atoms with E-state index in [1.165, 1.54) is 23.4 Å². The lowest BCUT2D eigenvalue weighted by molar-refractivity contribution is -0.0714. The number of ether oxygens (including phenoxy) is 1. The zero-order valence-corrected chi connectivity index (χ0v) is 19.3. The van der Waals surface area contributed by atoms with Crippen molar-refractivity contribution < 1.29 is 18.6 Å². The van der Waals surface area contributed by atoms with E-state index in [1.807, 2.05) is 40.8 Å². The number of hydrogen-bond acceptors (Lipinski definition) is 7. The molecule has 182 valence electrons. The van der Waals surface area contributed by atoms with E-state index in [1.54, 1.807) is 7.11 Å². The molecular weight excluding hydrogens is 456 g/mol. The average Bonchev–Trinajstić information content (AvgIpc) is 3.52. The van der Waals surface area contributed by atoms with Crippen LogP contribution < -0.4 is 4.74 Å². The largest absolute Gasteiger partial charge is 0.497 e. The molecule has 0 fully saturated rings. The maximum absolute atomic E-state index is 14.9. The SMILES string of the molecule is COc1ccc(-c2nc3n(n2)CCN([C@H](C)[C@](O)(Cn2cncn2)c2ccc(F)cc2F)C3)cc1. The van der Waals surface area contributed by atoms with Gasteiger partial charge in [-0.2, -0.15) is 10.2 Å². The van der Waals surface area contributed by atoms with Crippen molar-refractivity contribution in [2.75, 3.05) is 13.7 Å². The lowest BCUT2D eigenvalue weighted by atomic mass is 9.85. The number of nitrogens with zero attached hydrogens (tertiary/aromatic N) is 7. The fourth-order valence-electron chi connectivity index (χ4n) is 4.49. The quantitative estimate of drug-likeness (QED) is 0.434. The van der Waals surface area contributed by atoms with Crippen LogP contribution in [-0.4, -0.2) is 59.2 Å². The molecule has 2 atom stereocenters. The number of methoxy groups -OCH3 is 1. The van der Waals surface area contributed by atoms with Gasteiger partial charge >= 0.3 is 0 Å². The molecule has 0 radical (unpaired) electrons. The van der Waals surface area contributed by atoms with Gasteiger partial charge in [-0.05, 0) is 37.3 Å². The topological polar surface area (TPSA) is 94.1 Å². The fraction of sp³-hybridized carbons (Fsp3) is 0.333. The first kappa shape index (κ1) is 23.1. The van der Waals surface area contributed by atoms with Crippen LogP contribution in [0, 0.1) is 11.6 Å². The summed E-state index contributed by atoms with van der Waals surface area (Å²) >= 11 is 0. The summed E-state index contributed by atoms with van der Waals surface area (Å²) in [7, 11) is 1.61. The maximum atomic E-state index is 14.9. The summed E-state index contributed by atoms with van der Waals surface area (Å²) in [5, 5.41) is 20.6. The van der Waals surface area contributed by atoms with Crippen LogP contribution in [0.2, 0.25) is 0 Å². The second kappa shape index (κ2) is 9.16. The Hall–Kier alpha value is -3.70. The molecule has 11 heteroatoms. The van der Waals surface area contributed by atoms with E-state index in [4.69, 9.17) is 9.72 Å². The Morgan fingerprint density at radius 1 is 1.14 bits per heavy atom. The molecule has 0 spiro atoms. The van der Waals surface area contributed by atoms with Gasteiger partial charge in [-0.15, -0.1) is 0 Å². The van der Waals surface area contributed by atoms with Crippen molar-refractivity contribution in [1.82, 2.24) is 34.4 Å². The predicted molar refractivity (Wildman–Crippen MR) is 122 cm³/mol. The van der Waals surface area contributed by atoms with Crippen LogP contribution in [0.3, 0.4) is 0 Å². The third kappa shape index (κ3) is 4.40. The highest BCUT2D eigenvalue weighted by molar-refractivity contribution is 5.56. The molecule has 1 N–H and O–H groups in total. The third-order valence-corrected chi connectivity index (χ3v) is 6.55. The maximum Gasteiger partial charge on any atom is 0.181 e. The molecule has 5 rings (SSSR count). The lowest BCUT2D eigenvalue weighted by Gasteiger charge is -2.42. The first-order valence-corrected chi connectivity index (χ1v) is 11.2. The number of aliphatic hydroxyl groups is 1. The molecular formula is C24H25F2N7O2. The normalized spacial score (nSPS) is 16.5. The first-order valence-electron chi connectivity index (χ1n) is 11.2. The smallest absolute Gasteiger partial charge is 0.181 e. The highest BCUT2D eigenvalue weighted by Gasteiger charge is 2.43. The molecule has 0 aliphatic carbocycles. The molecule has 0 unspecified atom stereocenters. The zero-order chi connectivity index (χ0) is 24.6. The van der Waals surface area contributed by atoms with Gasteiger partial charge in [0.1, 0.15) is 41.5 Å². The number of hydrogen-bond donors (Lipinski definition) is 1. The van der Waals surface area contributed by atoms with Crippen molar-refractivity contribution in [1.29, 1.82) is 0 Å². The molecule has 2 aromatic carbocycles. The van der Waals surface area contributed by atoms with Crippen molar-refractivity contribution in [2.45, 2.75) is 38.2 Å². The minimum Gasteiger partial charge on any atom is -0.497 e. The Morgan fingerprint density at radius 2 is 1.94 bits per heavy atom. The molecule has 1 aliphatic heterocycles. The van der Waals surface area contributed by atoms with Crippen LogP contribution >= 0.6 is 0 Å². The Bertz CT molecular complexity index is 1310. The number of rotatable bonds is 7. The van der Waals surface area contributed by atoms with Crippen LogP contribution in [0.5, 0.6) is 5.75 Å². The minimum absolute atomic E-state index is 0.00661. The van der Waals surface area contributed by atoms with E-state index in [2.05, 4.69) is 15.2 Å². The van der Waals surface area contributed by atoms with Crippen LogP contribution in [0.1, 0.15) is 18.3 Å². The van der Waals surface area contributed by atoms with Crippen molar-refractivity contribution in [2.24, 2.45) is 0 Å². The van der Waals surface area contributed by atoms with E-state index < -0.39 is 23.3 Å². The second-order valence-electron chi connectivity index (χ2n) is 8.59. The molecule has 3 heterocycles. The highest BCUT2D eigenvalue weighted by atomic mass is 19.1. The third-order valence-electron chi connectivity index (χ3n) is 6.55. The van der Waals surface area contributed by atoms with E-state index in [0.717, 1.165) is 29.3 Å². The summed E-state index contributed by atoms with van der Waals surface area (Å²) in [5.41, 5.74) is -0.858. The van der Waals surface area contributed by atoms with Gasteiger partial charge in [0.05, 0.1) is 26.7 Å². The van der Waals surface area contributed by atoms with E-state index in [0.29, 0.717) is 25.5 Å². The van der Waals surface area contributed by atoms with Gasteiger partial charge in [0.15, 0.2) is 5.82 Å². The minimum atomic E-state index is -1.72. The molecule has 0 saturated heterocycles. The van der Waals surface area contributed by atoms with Crippen molar-refractivity contribution in [3.8, 4) is 17.1 Å². The van der Waals surface area contributed by atoms with Crippen LogP contribution in [0.15, 0.2) is 55.1 Å². The second-order valence-corrected chi connectivity index (χ2v) is 8.59. The Morgan fingerprint density at radius 3 is 2.63 bits per heavy atom. The summed E-state index contributed by atoms with van der Waals surface area (Å²) in [6.07, 6.45) is 2.79. The molecule has 35 heavy (non-hydrogen) atoms. The van der Waals surface area contributed by atoms with Gasteiger partial charge in [0, 0.05) is 29.8 Å². The van der Waals surface area contributed by atoms with Crippen molar-refractivity contribution >= 4 is 0 Å². The highest BCUT2D eigenvalue weighted by Crippen LogP contribution is 2.34. The number of benzene rings is 2. The first-order chi connectivity index (χ1) is 16.9. The van der Waals surface area contributed by atoms with E-state index in [-0.39, 0.29) is 12.1 Å². The average molecular weight is 482 g/mol. The standard InChI is InChI=1S/C24H25F2N7O2/c1-16(24(34,13-32-15-27-14-28-32)20-8-5-18(25)11-21(20)26)31-9-10-33-22(12-31)29-23(30-33)17-3-6-19(35-2)7-4-17/h3-8,11,14-16,34H,9-10,12-13H2,1-2H3/t16-,24-/m1/s1. The lowest BCUT2D eigenvalue weighted by Crippen LogP contribution is -2.53. The van der Waals surface area contributed by atoms with Gasteiger partial charge in [0.2, 0.25) is 0 Å². The summed E-state index contributed by atoms with van der Waals surface area (Å²) in [6.45, 7) is 3.26. The van der Waals surface area contributed by atoms with Crippen LogP contribution in [-0.2, 0) is 25.2 Å². The van der Waals surface area contributed by atoms with Gasteiger partial charge in [-0.25, -0.2) is 28.1 Å². The van der Waals surface area contributed by atoms with E-state index >= 15 is 0 Å². The Balaban J connectivity index is 1.44. The van der Waals surface area contributed by atoms with Gasteiger partial charge in [-0.1, -0.05) is 6.07 Å². The Labute approximate surface area is 200 Å². The fourth-order valence-corrected chi connectivity index (χ4v) is 4.49. The van der Waals surface area contributed by atoms with Gasteiger partial charge in [0.25, 0.3) is 0 Å². The number of fused-ring (bicyclic) bond motifs is 1. The molecule has 9 nitrogen and oxygen atoms in total. The number of aromatic nitrogens is 6. The molecule has 2 aromatic heterocycles. The zero-order valence-electron chi connectivity index (χ0n) is 19.3. The number of halogens is 2.